The lowest BCUT2D eigenvalue weighted by atomic mass is 9.94. The number of halogens is 3. The summed E-state index contributed by atoms with van der Waals surface area (Å²) in [6.07, 6.45) is 1.59. The van der Waals surface area contributed by atoms with Crippen molar-refractivity contribution in [3.63, 3.8) is 0 Å². The van der Waals surface area contributed by atoms with Crippen LogP contribution in [0.3, 0.4) is 0 Å². The first-order chi connectivity index (χ1) is 15.5. The summed E-state index contributed by atoms with van der Waals surface area (Å²) < 4.78 is 67.8. The largest absolute Gasteiger partial charge is 0.393 e. The third kappa shape index (κ3) is 4.34. The summed E-state index contributed by atoms with van der Waals surface area (Å²) in [5, 5.41) is 22.1. The Morgan fingerprint density at radius 2 is 1.76 bits per heavy atom. The molecule has 1 aliphatic rings. The van der Waals surface area contributed by atoms with Crippen molar-refractivity contribution in [1.29, 1.82) is 0 Å². The molecule has 0 bridgehead atoms. The maximum Gasteiger partial charge on any atom is 0.257 e. The number of aromatic nitrogens is 1. The van der Waals surface area contributed by atoms with Gasteiger partial charge in [-0.2, -0.15) is 4.31 Å². The van der Waals surface area contributed by atoms with E-state index in [0.717, 1.165) is 10.4 Å². The van der Waals surface area contributed by atoms with Crippen molar-refractivity contribution in [2.45, 2.75) is 23.3 Å². The van der Waals surface area contributed by atoms with Crippen molar-refractivity contribution < 1.29 is 36.6 Å². The number of carbonyl (C=O) groups is 1. The van der Waals surface area contributed by atoms with Gasteiger partial charge in [0.1, 0.15) is 0 Å². The van der Waals surface area contributed by atoms with E-state index >= 15 is 0 Å². The molecule has 0 spiro atoms. The van der Waals surface area contributed by atoms with Gasteiger partial charge in [0, 0.05) is 42.5 Å². The number of hydrogen-bond donors (Lipinski definition) is 4. The molecule has 0 saturated carbocycles. The number of sulfonamides is 1. The van der Waals surface area contributed by atoms with E-state index in [2.05, 4.69) is 10.3 Å². The van der Waals surface area contributed by atoms with Crippen LogP contribution in [0, 0.1) is 17.5 Å². The Hall–Kier alpha value is -2.93. The van der Waals surface area contributed by atoms with Crippen molar-refractivity contribution in [3.8, 4) is 0 Å². The number of aromatic amines is 1. The number of hydrogen-bond acceptors (Lipinski definition) is 5. The minimum atomic E-state index is -4.06. The monoisotopic (exact) mass is 483 g/mol. The van der Waals surface area contributed by atoms with E-state index in [1.165, 1.54) is 12.3 Å². The predicted molar refractivity (Wildman–Crippen MR) is 113 cm³/mol. The Kier molecular flexibility index (Phi) is 5.95. The zero-order valence-corrected chi connectivity index (χ0v) is 17.9. The number of aliphatic hydroxyl groups is 2. The van der Waals surface area contributed by atoms with Gasteiger partial charge in [0.25, 0.3) is 5.91 Å². The van der Waals surface area contributed by atoms with Crippen molar-refractivity contribution >= 4 is 32.5 Å². The zero-order valence-electron chi connectivity index (χ0n) is 17.1. The summed E-state index contributed by atoms with van der Waals surface area (Å²) in [5.41, 5.74) is -1.50. The number of nitrogens with zero attached hydrogens (tertiary/aromatic N) is 1. The molecule has 0 aliphatic carbocycles. The molecule has 1 saturated heterocycles. The molecule has 0 radical (unpaired) electrons. The fourth-order valence-corrected chi connectivity index (χ4v) is 5.25. The van der Waals surface area contributed by atoms with E-state index in [1.54, 1.807) is 6.07 Å². The summed E-state index contributed by atoms with van der Waals surface area (Å²) in [4.78, 5) is 15.5. The van der Waals surface area contributed by atoms with Crippen LogP contribution in [0.5, 0.6) is 0 Å². The molecule has 33 heavy (non-hydrogen) atoms. The van der Waals surface area contributed by atoms with Crippen molar-refractivity contribution in [3.05, 3.63) is 59.5 Å². The van der Waals surface area contributed by atoms with Crippen LogP contribution in [0.4, 0.5) is 18.9 Å². The summed E-state index contributed by atoms with van der Waals surface area (Å²) >= 11 is 0. The Labute approximate surface area is 186 Å². The fraction of sp³-hybridized carbons (Fsp3) is 0.286. The lowest BCUT2D eigenvalue weighted by Gasteiger charge is -2.36. The first kappa shape index (κ1) is 23.2. The smallest absolute Gasteiger partial charge is 0.257 e. The first-order valence-corrected chi connectivity index (χ1v) is 11.4. The highest BCUT2D eigenvalue weighted by molar-refractivity contribution is 7.89. The van der Waals surface area contributed by atoms with Gasteiger partial charge >= 0.3 is 0 Å². The van der Waals surface area contributed by atoms with E-state index in [0.29, 0.717) is 23.0 Å². The number of H-pyrrole nitrogens is 1. The third-order valence-corrected chi connectivity index (χ3v) is 7.58. The maximum atomic E-state index is 13.5. The lowest BCUT2D eigenvalue weighted by molar-refractivity contribution is -0.0480. The van der Waals surface area contributed by atoms with Gasteiger partial charge in [-0.05, 0) is 31.0 Å². The minimum Gasteiger partial charge on any atom is -0.393 e. The normalized spacial score (nSPS) is 16.8. The number of amides is 1. The second-order valence-electron chi connectivity index (χ2n) is 7.91. The number of nitrogens with one attached hydrogen (secondary N) is 2. The summed E-state index contributed by atoms with van der Waals surface area (Å²) in [6, 6.07) is 5.29. The number of anilines is 1. The maximum absolute atomic E-state index is 13.5. The standard InChI is InChI=1S/C21H20F3N3O5S/c22-16-8-13(9-17(23)18(16)24)26-20(29)15-10-14(7-12-1-4-25-19(12)15)33(31,32)27-5-2-21(30,11-28)3-6-27/h1,4,7-10,25,28,30H,2-3,5-6,11H2,(H,26,29). The molecule has 8 nitrogen and oxygen atoms in total. The topological polar surface area (TPSA) is 123 Å². The number of rotatable bonds is 5. The lowest BCUT2D eigenvalue weighted by Crippen LogP contribution is -2.48. The molecule has 12 heteroatoms. The molecule has 2 heterocycles. The Bertz CT molecular complexity index is 1310. The van der Waals surface area contributed by atoms with Crippen molar-refractivity contribution in [2.24, 2.45) is 0 Å². The summed E-state index contributed by atoms with van der Waals surface area (Å²) in [7, 11) is -4.06. The van der Waals surface area contributed by atoms with Crippen molar-refractivity contribution in [2.75, 3.05) is 25.0 Å². The molecule has 4 rings (SSSR count). The molecule has 1 fully saturated rings. The van der Waals surface area contributed by atoms with Gasteiger partial charge in [-0.3, -0.25) is 4.79 Å². The second-order valence-corrected chi connectivity index (χ2v) is 9.85. The van der Waals surface area contributed by atoms with Gasteiger partial charge in [0.05, 0.1) is 28.2 Å². The molecule has 1 aromatic heterocycles. The van der Waals surface area contributed by atoms with Crippen LogP contribution in [0.1, 0.15) is 23.2 Å². The average molecular weight is 483 g/mol. The van der Waals surface area contributed by atoms with Gasteiger partial charge in [0.2, 0.25) is 10.0 Å². The van der Waals surface area contributed by atoms with Gasteiger partial charge in [0.15, 0.2) is 17.5 Å². The van der Waals surface area contributed by atoms with Crippen LogP contribution in [-0.2, 0) is 10.0 Å². The second kappa shape index (κ2) is 8.45. The van der Waals surface area contributed by atoms with Gasteiger partial charge in [-0.25, -0.2) is 21.6 Å². The molecule has 1 aliphatic heterocycles. The highest BCUT2D eigenvalue weighted by Crippen LogP contribution is 2.30. The van der Waals surface area contributed by atoms with E-state index in [4.69, 9.17) is 0 Å². The average Bonchev–Trinajstić information content (AvgIpc) is 3.26. The number of carbonyl (C=O) groups excluding carboxylic acids is 1. The Morgan fingerprint density at radius 1 is 1.12 bits per heavy atom. The van der Waals surface area contributed by atoms with Crippen LogP contribution in [0.15, 0.2) is 41.4 Å². The van der Waals surface area contributed by atoms with Gasteiger partial charge in [-0.1, -0.05) is 0 Å². The molecule has 3 aromatic rings. The molecule has 4 N–H and O–H groups in total. The van der Waals surface area contributed by atoms with E-state index < -0.39 is 45.6 Å². The summed E-state index contributed by atoms with van der Waals surface area (Å²) in [5.74, 6) is -5.51. The van der Waals surface area contributed by atoms with Crippen LogP contribution >= 0.6 is 0 Å². The Balaban J connectivity index is 1.68. The Morgan fingerprint density at radius 3 is 2.36 bits per heavy atom. The van der Waals surface area contributed by atoms with Gasteiger partial charge in [-0.15, -0.1) is 0 Å². The quantitative estimate of drug-likeness (QED) is 0.415. The summed E-state index contributed by atoms with van der Waals surface area (Å²) in [6.45, 7) is -0.536. The SMILES string of the molecule is O=C(Nc1cc(F)c(F)c(F)c1)c1cc(S(=O)(=O)N2CCC(O)(CO)CC2)cc2cc[nH]c12. The van der Waals surface area contributed by atoms with Gasteiger partial charge < -0.3 is 20.5 Å². The molecular formula is C21H20F3N3O5S. The number of benzene rings is 2. The molecule has 1 amide bonds. The van der Waals surface area contributed by atoms with E-state index in [-0.39, 0.29) is 42.1 Å². The molecule has 176 valence electrons. The van der Waals surface area contributed by atoms with Crippen molar-refractivity contribution in [1.82, 2.24) is 9.29 Å². The zero-order chi connectivity index (χ0) is 24.0. The van der Waals surface area contributed by atoms with Crippen LogP contribution in [0.2, 0.25) is 0 Å². The number of fused-ring (bicyclic) bond motifs is 1. The van der Waals surface area contributed by atoms with E-state index in [1.807, 2.05) is 0 Å². The highest BCUT2D eigenvalue weighted by Gasteiger charge is 2.37. The predicted octanol–water partition coefficient (Wildman–Crippen LogP) is 2.35. The van der Waals surface area contributed by atoms with Crippen LogP contribution < -0.4 is 5.32 Å². The number of piperidine rings is 1. The minimum absolute atomic E-state index is 0.0275. The molecule has 2 aromatic carbocycles. The number of aliphatic hydroxyl groups excluding tert-OH is 1. The fourth-order valence-electron chi connectivity index (χ4n) is 3.75. The molecular weight excluding hydrogens is 463 g/mol. The molecule has 0 unspecified atom stereocenters. The van der Waals surface area contributed by atoms with Crippen LogP contribution in [0.25, 0.3) is 10.9 Å². The first-order valence-electron chi connectivity index (χ1n) is 9.94. The third-order valence-electron chi connectivity index (χ3n) is 5.70. The van der Waals surface area contributed by atoms with E-state index in [9.17, 15) is 36.6 Å². The highest BCUT2D eigenvalue weighted by atomic mass is 32.2. The molecule has 0 atom stereocenters. The van der Waals surface area contributed by atoms with Crippen LogP contribution in [-0.4, -0.2) is 59.1 Å².